The van der Waals surface area contributed by atoms with Crippen molar-refractivity contribution in [3.63, 3.8) is 0 Å². The minimum atomic E-state index is -0.167. The Kier molecular flexibility index (Phi) is 2.51. The quantitative estimate of drug-likeness (QED) is 0.806. The standard InChI is InChI=1S/C11H13N3O/c1-7(12)11-13-6-8-4-3-5-9(15-2)10(8)14-11/h3-7H,12H2,1-2H3. The Labute approximate surface area is 88.1 Å². The van der Waals surface area contributed by atoms with Crippen molar-refractivity contribution in [2.24, 2.45) is 5.73 Å². The first-order chi connectivity index (χ1) is 7.22. The fourth-order valence-electron chi connectivity index (χ4n) is 1.43. The van der Waals surface area contributed by atoms with Crippen molar-refractivity contribution in [2.45, 2.75) is 13.0 Å². The van der Waals surface area contributed by atoms with Crippen LogP contribution in [0.3, 0.4) is 0 Å². The molecule has 0 spiro atoms. The van der Waals surface area contributed by atoms with Gasteiger partial charge in [0, 0.05) is 11.6 Å². The lowest BCUT2D eigenvalue weighted by molar-refractivity contribution is 0.418. The van der Waals surface area contributed by atoms with Crippen LogP contribution in [-0.4, -0.2) is 17.1 Å². The van der Waals surface area contributed by atoms with Gasteiger partial charge in [-0.2, -0.15) is 0 Å². The van der Waals surface area contributed by atoms with Gasteiger partial charge in [-0.1, -0.05) is 12.1 Å². The fourth-order valence-corrected chi connectivity index (χ4v) is 1.43. The summed E-state index contributed by atoms with van der Waals surface area (Å²) in [7, 11) is 1.63. The lowest BCUT2D eigenvalue weighted by Crippen LogP contribution is -2.09. The van der Waals surface area contributed by atoms with Gasteiger partial charge in [-0.3, -0.25) is 0 Å². The summed E-state index contributed by atoms with van der Waals surface area (Å²) in [6, 6.07) is 5.57. The van der Waals surface area contributed by atoms with E-state index in [1.54, 1.807) is 13.3 Å². The van der Waals surface area contributed by atoms with Gasteiger partial charge < -0.3 is 10.5 Å². The molecule has 0 radical (unpaired) electrons. The van der Waals surface area contributed by atoms with E-state index >= 15 is 0 Å². The highest BCUT2D eigenvalue weighted by atomic mass is 16.5. The van der Waals surface area contributed by atoms with Crippen molar-refractivity contribution in [2.75, 3.05) is 7.11 Å². The first-order valence-corrected chi connectivity index (χ1v) is 4.77. The monoisotopic (exact) mass is 203 g/mol. The fraction of sp³-hybridized carbons (Fsp3) is 0.273. The summed E-state index contributed by atoms with van der Waals surface area (Å²) in [5.41, 5.74) is 6.54. The molecule has 4 heteroatoms. The van der Waals surface area contributed by atoms with Gasteiger partial charge in [0.15, 0.2) is 0 Å². The van der Waals surface area contributed by atoms with E-state index in [2.05, 4.69) is 9.97 Å². The highest BCUT2D eigenvalue weighted by Gasteiger charge is 2.07. The van der Waals surface area contributed by atoms with Crippen LogP contribution in [0, 0.1) is 0 Å². The second-order valence-corrected chi connectivity index (χ2v) is 3.41. The first kappa shape index (κ1) is 9.86. The number of nitrogens with two attached hydrogens (primary N) is 1. The largest absolute Gasteiger partial charge is 0.494 e. The molecule has 0 aliphatic rings. The number of hydrogen-bond acceptors (Lipinski definition) is 4. The Hall–Kier alpha value is -1.68. The summed E-state index contributed by atoms with van der Waals surface area (Å²) >= 11 is 0. The van der Waals surface area contributed by atoms with Crippen LogP contribution in [0.15, 0.2) is 24.4 Å². The highest BCUT2D eigenvalue weighted by molar-refractivity contribution is 5.83. The Balaban J connectivity index is 2.67. The molecule has 2 rings (SSSR count). The third kappa shape index (κ3) is 1.76. The van der Waals surface area contributed by atoms with Gasteiger partial charge in [0.2, 0.25) is 0 Å². The minimum Gasteiger partial charge on any atom is -0.494 e. The molecule has 1 heterocycles. The predicted octanol–water partition coefficient (Wildman–Crippen LogP) is 1.66. The topological polar surface area (TPSA) is 61.0 Å². The molecular formula is C11H13N3O. The Morgan fingerprint density at radius 1 is 1.40 bits per heavy atom. The molecule has 0 amide bonds. The van der Waals surface area contributed by atoms with Crippen molar-refractivity contribution >= 4 is 10.9 Å². The molecule has 1 aromatic heterocycles. The second kappa shape index (κ2) is 3.82. The smallest absolute Gasteiger partial charge is 0.145 e. The van der Waals surface area contributed by atoms with Crippen LogP contribution in [0.1, 0.15) is 18.8 Å². The van der Waals surface area contributed by atoms with Crippen molar-refractivity contribution in [1.29, 1.82) is 0 Å². The van der Waals surface area contributed by atoms with Crippen molar-refractivity contribution < 1.29 is 4.74 Å². The van der Waals surface area contributed by atoms with Crippen molar-refractivity contribution in [3.05, 3.63) is 30.2 Å². The summed E-state index contributed by atoms with van der Waals surface area (Å²) in [5.74, 6) is 1.38. The molecule has 0 saturated heterocycles. The number of ether oxygens (including phenoxy) is 1. The molecule has 0 fully saturated rings. The van der Waals surface area contributed by atoms with Gasteiger partial charge >= 0.3 is 0 Å². The minimum absolute atomic E-state index is 0.167. The van der Waals surface area contributed by atoms with Gasteiger partial charge in [-0.15, -0.1) is 0 Å². The molecular weight excluding hydrogens is 190 g/mol. The van der Waals surface area contributed by atoms with E-state index in [0.717, 1.165) is 16.7 Å². The third-order valence-corrected chi connectivity index (χ3v) is 2.22. The van der Waals surface area contributed by atoms with Gasteiger partial charge in [-0.05, 0) is 13.0 Å². The number of para-hydroxylation sites is 1. The van der Waals surface area contributed by atoms with Crippen LogP contribution >= 0.6 is 0 Å². The molecule has 2 N–H and O–H groups in total. The number of methoxy groups -OCH3 is 1. The van der Waals surface area contributed by atoms with Gasteiger partial charge in [-0.25, -0.2) is 9.97 Å². The maximum atomic E-state index is 5.73. The van der Waals surface area contributed by atoms with Crippen LogP contribution in [-0.2, 0) is 0 Å². The van der Waals surface area contributed by atoms with Gasteiger partial charge in [0.25, 0.3) is 0 Å². The lowest BCUT2D eigenvalue weighted by Gasteiger charge is -2.07. The normalized spacial score (nSPS) is 12.7. The molecule has 0 aliphatic carbocycles. The van der Waals surface area contributed by atoms with E-state index in [-0.39, 0.29) is 6.04 Å². The van der Waals surface area contributed by atoms with E-state index in [9.17, 15) is 0 Å². The molecule has 1 aromatic carbocycles. The average Bonchev–Trinajstić information content (AvgIpc) is 2.27. The molecule has 0 aliphatic heterocycles. The first-order valence-electron chi connectivity index (χ1n) is 4.77. The summed E-state index contributed by atoms with van der Waals surface area (Å²) in [6.45, 7) is 1.86. The highest BCUT2D eigenvalue weighted by Crippen LogP contribution is 2.23. The summed E-state index contributed by atoms with van der Waals surface area (Å²) in [6.07, 6.45) is 1.77. The Morgan fingerprint density at radius 2 is 2.20 bits per heavy atom. The number of aromatic nitrogens is 2. The molecule has 78 valence electrons. The predicted molar refractivity (Wildman–Crippen MR) is 58.7 cm³/mol. The number of rotatable bonds is 2. The van der Waals surface area contributed by atoms with Crippen molar-refractivity contribution in [3.8, 4) is 5.75 Å². The Bertz CT molecular complexity index is 482. The molecule has 1 unspecified atom stereocenters. The van der Waals surface area contributed by atoms with Crippen LogP contribution in [0.25, 0.3) is 10.9 Å². The van der Waals surface area contributed by atoms with Crippen LogP contribution in [0.2, 0.25) is 0 Å². The molecule has 15 heavy (non-hydrogen) atoms. The van der Waals surface area contributed by atoms with Gasteiger partial charge in [0.05, 0.1) is 13.2 Å². The maximum absolute atomic E-state index is 5.73. The van der Waals surface area contributed by atoms with Crippen LogP contribution in [0.5, 0.6) is 5.75 Å². The summed E-state index contributed by atoms with van der Waals surface area (Å²) in [5, 5.41) is 0.957. The van der Waals surface area contributed by atoms with Crippen molar-refractivity contribution in [1.82, 2.24) is 9.97 Å². The lowest BCUT2D eigenvalue weighted by atomic mass is 10.2. The van der Waals surface area contributed by atoms with Crippen LogP contribution in [0.4, 0.5) is 0 Å². The van der Waals surface area contributed by atoms with Gasteiger partial charge in [0.1, 0.15) is 17.1 Å². The molecule has 1 atom stereocenters. The zero-order chi connectivity index (χ0) is 10.8. The van der Waals surface area contributed by atoms with E-state index in [1.807, 2.05) is 25.1 Å². The third-order valence-electron chi connectivity index (χ3n) is 2.22. The molecule has 0 saturated carbocycles. The molecule has 4 nitrogen and oxygen atoms in total. The maximum Gasteiger partial charge on any atom is 0.145 e. The average molecular weight is 203 g/mol. The number of benzene rings is 1. The summed E-state index contributed by atoms with van der Waals surface area (Å²) < 4.78 is 5.23. The van der Waals surface area contributed by atoms with E-state index in [4.69, 9.17) is 10.5 Å². The van der Waals surface area contributed by atoms with E-state index < -0.39 is 0 Å². The Morgan fingerprint density at radius 3 is 2.87 bits per heavy atom. The van der Waals surface area contributed by atoms with E-state index in [1.165, 1.54) is 0 Å². The second-order valence-electron chi connectivity index (χ2n) is 3.41. The van der Waals surface area contributed by atoms with E-state index in [0.29, 0.717) is 5.82 Å². The zero-order valence-corrected chi connectivity index (χ0v) is 8.77. The molecule has 2 aromatic rings. The molecule has 0 bridgehead atoms. The number of fused-ring (bicyclic) bond motifs is 1. The van der Waals surface area contributed by atoms with Crippen LogP contribution < -0.4 is 10.5 Å². The number of hydrogen-bond donors (Lipinski definition) is 1. The zero-order valence-electron chi connectivity index (χ0n) is 8.77. The number of nitrogens with zero attached hydrogens (tertiary/aromatic N) is 2. The SMILES string of the molecule is COc1cccc2cnc(C(C)N)nc12. The summed E-state index contributed by atoms with van der Waals surface area (Å²) in [4.78, 5) is 8.57.